The molecule has 0 saturated heterocycles. The van der Waals surface area contributed by atoms with Crippen LogP contribution in [0, 0.1) is 22.7 Å². The van der Waals surface area contributed by atoms with Crippen LogP contribution in [-0.2, 0) is 19.1 Å². The van der Waals surface area contributed by atoms with Gasteiger partial charge in [-0.3, -0.25) is 9.59 Å². The van der Waals surface area contributed by atoms with Crippen molar-refractivity contribution in [1.82, 2.24) is 0 Å². The van der Waals surface area contributed by atoms with Crippen molar-refractivity contribution in [2.75, 3.05) is 14.2 Å². The fraction of sp³-hybridized carbons (Fsp3) is 0.833. The number of rotatable bonds is 2. The van der Waals surface area contributed by atoms with E-state index in [0.717, 1.165) is 12.8 Å². The van der Waals surface area contributed by atoms with Crippen molar-refractivity contribution in [2.45, 2.75) is 26.7 Å². The normalized spacial score (nSPS) is 38.8. The molecule has 3 saturated carbocycles. The molecule has 0 aromatic carbocycles. The van der Waals surface area contributed by atoms with Crippen LogP contribution in [0.4, 0.5) is 0 Å². The van der Waals surface area contributed by atoms with E-state index in [1.807, 2.05) is 13.8 Å². The van der Waals surface area contributed by atoms with Crippen LogP contribution in [0.15, 0.2) is 0 Å². The molecule has 3 aliphatic carbocycles. The van der Waals surface area contributed by atoms with Crippen molar-refractivity contribution in [2.24, 2.45) is 22.7 Å². The second-order valence-corrected chi connectivity index (χ2v) is 5.33. The molecule has 0 heterocycles. The predicted molar refractivity (Wildman–Crippen MR) is 56.5 cm³/mol. The molecule has 0 unspecified atom stereocenters. The van der Waals surface area contributed by atoms with Crippen molar-refractivity contribution in [1.29, 1.82) is 0 Å². The molecule has 0 radical (unpaired) electrons. The summed E-state index contributed by atoms with van der Waals surface area (Å²) in [6.45, 7) is 4.09. The molecule has 0 aromatic rings. The number of hydrogen-bond acceptors (Lipinski definition) is 4. The van der Waals surface area contributed by atoms with Crippen LogP contribution in [0.2, 0.25) is 0 Å². The molecular weight excluding hydrogens is 208 g/mol. The topological polar surface area (TPSA) is 52.6 Å². The molecule has 0 amide bonds. The fourth-order valence-corrected chi connectivity index (χ4v) is 3.95. The van der Waals surface area contributed by atoms with Crippen molar-refractivity contribution in [3.63, 3.8) is 0 Å². The van der Waals surface area contributed by atoms with Crippen LogP contribution in [0.3, 0.4) is 0 Å². The molecule has 0 aromatic heterocycles. The maximum Gasteiger partial charge on any atom is 0.313 e. The van der Waals surface area contributed by atoms with Crippen LogP contribution in [0.25, 0.3) is 0 Å². The van der Waals surface area contributed by atoms with E-state index >= 15 is 0 Å². The predicted octanol–water partition coefficient (Wildman–Crippen LogP) is 1.38. The lowest BCUT2D eigenvalue weighted by Gasteiger charge is -2.57. The van der Waals surface area contributed by atoms with Gasteiger partial charge in [-0.25, -0.2) is 0 Å². The minimum absolute atomic E-state index is 0.154. The summed E-state index contributed by atoms with van der Waals surface area (Å²) in [7, 11) is 2.76. The van der Waals surface area contributed by atoms with Gasteiger partial charge in [0.2, 0.25) is 0 Å². The van der Waals surface area contributed by atoms with Gasteiger partial charge in [0.15, 0.2) is 0 Å². The quantitative estimate of drug-likeness (QED) is 0.667. The Morgan fingerprint density at radius 1 is 1.19 bits per heavy atom. The molecule has 0 N–H and O–H groups in total. The highest BCUT2D eigenvalue weighted by Crippen LogP contribution is 2.74. The number of ether oxygens (including phenoxy) is 2. The lowest BCUT2D eigenvalue weighted by Crippen LogP contribution is -2.63. The van der Waals surface area contributed by atoms with Crippen LogP contribution in [0.1, 0.15) is 26.7 Å². The second kappa shape index (κ2) is 3.22. The minimum atomic E-state index is -0.653. The van der Waals surface area contributed by atoms with Gasteiger partial charge in [-0.1, -0.05) is 13.8 Å². The molecule has 4 nitrogen and oxygen atoms in total. The molecular formula is C12H18O4. The van der Waals surface area contributed by atoms with Gasteiger partial charge in [0, 0.05) is 0 Å². The van der Waals surface area contributed by atoms with E-state index in [4.69, 9.17) is 9.47 Å². The number of carbonyl (C=O) groups excluding carboxylic acids is 2. The summed E-state index contributed by atoms with van der Waals surface area (Å²) >= 11 is 0. The summed E-state index contributed by atoms with van der Waals surface area (Å²) in [5.41, 5.74) is -0.807. The van der Waals surface area contributed by atoms with E-state index in [1.165, 1.54) is 14.2 Å². The van der Waals surface area contributed by atoms with E-state index in [2.05, 4.69) is 0 Å². The first-order valence-electron chi connectivity index (χ1n) is 5.59. The third-order valence-corrected chi connectivity index (χ3v) is 4.86. The molecule has 3 fully saturated rings. The lowest BCUT2D eigenvalue weighted by molar-refractivity contribution is -0.204. The first-order chi connectivity index (χ1) is 7.43. The Kier molecular flexibility index (Phi) is 2.30. The average molecular weight is 226 g/mol. The van der Waals surface area contributed by atoms with Gasteiger partial charge < -0.3 is 9.47 Å². The lowest BCUT2D eigenvalue weighted by atomic mass is 9.44. The second-order valence-electron chi connectivity index (χ2n) is 5.33. The van der Waals surface area contributed by atoms with E-state index in [0.29, 0.717) is 0 Å². The Labute approximate surface area is 95.3 Å². The van der Waals surface area contributed by atoms with Gasteiger partial charge in [0.25, 0.3) is 0 Å². The zero-order valence-electron chi connectivity index (χ0n) is 10.2. The third kappa shape index (κ3) is 0.955. The van der Waals surface area contributed by atoms with Crippen molar-refractivity contribution in [3.8, 4) is 0 Å². The Morgan fingerprint density at radius 2 is 1.81 bits per heavy atom. The zero-order valence-corrected chi connectivity index (χ0v) is 10.2. The molecule has 3 aliphatic rings. The Hall–Kier alpha value is -1.06. The standard InChI is InChI=1S/C12H18O4/c1-11(2)7-5-6-12(11,10(14)16-4)8(7)9(13)15-3/h7-8H,5-6H2,1-4H3/t7-,8-,12-/m1/s1. The van der Waals surface area contributed by atoms with Crippen LogP contribution in [0.5, 0.6) is 0 Å². The van der Waals surface area contributed by atoms with Gasteiger partial charge in [-0.05, 0) is 24.2 Å². The van der Waals surface area contributed by atoms with Gasteiger partial charge in [0.05, 0.1) is 25.6 Å². The summed E-state index contributed by atoms with van der Waals surface area (Å²) in [4.78, 5) is 23.7. The molecule has 2 bridgehead atoms. The van der Waals surface area contributed by atoms with Gasteiger partial charge >= 0.3 is 11.9 Å². The molecule has 16 heavy (non-hydrogen) atoms. The first-order valence-corrected chi connectivity index (χ1v) is 5.59. The molecule has 90 valence electrons. The highest BCUT2D eigenvalue weighted by Gasteiger charge is 2.78. The Balaban J connectivity index is 2.39. The minimum Gasteiger partial charge on any atom is -0.469 e. The smallest absolute Gasteiger partial charge is 0.313 e. The fourth-order valence-electron chi connectivity index (χ4n) is 3.95. The van der Waals surface area contributed by atoms with Crippen molar-refractivity contribution >= 4 is 11.9 Å². The molecule has 3 atom stereocenters. The van der Waals surface area contributed by atoms with E-state index in [1.54, 1.807) is 0 Å². The SMILES string of the molecule is COC(=O)[C@H]1[C@H]2CC[C@@]1(C(=O)OC)C2(C)C. The highest BCUT2D eigenvalue weighted by atomic mass is 16.5. The number of methoxy groups -OCH3 is 2. The number of hydrogen-bond donors (Lipinski definition) is 0. The molecule has 0 aliphatic heterocycles. The molecule has 3 rings (SSSR count). The van der Waals surface area contributed by atoms with Gasteiger partial charge in [0.1, 0.15) is 0 Å². The highest BCUT2D eigenvalue weighted by molar-refractivity contribution is 5.90. The third-order valence-electron chi connectivity index (χ3n) is 4.86. The number of carbonyl (C=O) groups is 2. The Morgan fingerprint density at radius 3 is 2.25 bits per heavy atom. The van der Waals surface area contributed by atoms with Crippen molar-refractivity contribution in [3.05, 3.63) is 0 Å². The summed E-state index contributed by atoms with van der Waals surface area (Å²) in [6, 6.07) is 0. The molecule has 4 heteroatoms. The van der Waals surface area contributed by atoms with Gasteiger partial charge in [-0.15, -0.1) is 0 Å². The zero-order chi connectivity index (χ0) is 12.1. The summed E-state index contributed by atoms with van der Waals surface area (Å²) < 4.78 is 9.69. The van der Waals surface area contributed by atoms with Crippen LogP contribution in [-0.4, -0.2) is 26.2 Å². The van der Waals surface area contributed by atoms with Gasteiger partial charge in [-0.2, -0.15) is 0 Å². The maximum absolute atomic E-state index is 12.0. The van der Waals surface area contributed by atoms with E-state index in [9.17, 15) is 9.59 Å². The maximum atomic E-state index is 12.0. The monoisotopic (exact) mass is 226 g/mol. The average Bonchev–Trinajstić information content (AvgIpc) is 2.80. The summed E-state index contributed by atoms with van der Waals surface area (Å²) in [5.74, 6) is -0.590. The summed E-state index contributed by atoms with van der Waals surface area (Å²) in [5, 5.41) is 0. The summed E-state index contributed by atoms with van der Waals surface area (Å²) in [6.07, 6.45) is 1.64. The van der Waals surface area contributed by atoms with E-state index < -0.39 is 5.41 Å². The van der Waals surface area contributed by atoms with Crippen LogP contribution < -0.4 is 0 Å². The Bertz CT molecular complexity index is 347. The number of fused-ring (bicyclic) bond motifs is 1. The first kappa shape index (κ1) is 11.4. The number of esters is 2. The largest absolute Gasteiger partial charge is 0.469 e. The van der Waals surface area contributed by atoms with E-state index in [-0.39, 0.29) is 29.2 Å². The molecule has 0 spiro atoms. The van der Waals surface area contributed by atoms with Crippen molar-refractivity contribution < 1.29 is 19.1 Å². The van der Waals surface area contributed by atoms with Crippen LogP contribution >= 0.6 is 0 Å².